The molecule has 0 saturated carbocycles. The van der Waals surface area contributed by atoms with Crippen LogP contribution >= 0.6 is 0 Å². The third kappa shape index (κ3) is 4.01. The van der Waals surface area contributed by atoms with Crippen LogP contribution < -0.4 is 24.4 Å². The zero-order valence-corrected chi connectivity index (χ0v) is 21.8. The lowest BCUT2D eigenvalue weighted by atomic mass is 9.77. The Bertz CT molecular complexity index is 1450. The molecule has 2 amide bonds. The molecule has 4 aliphatic heterocycles. The minimum atomic E-state index is -0.948. The van der Waals surface area contributed by atoms with Gasteiger partial charge in [0.25, 0.3) is 5.91 Å². The molecule has 0 bridgehead atoms. The van der Waals surface area contributed by atoms with E-state index < -0.39 is 5.41 Å². The Morgan fingerprint density at radius 1 is 0.872 bits per heavy atom. The first-order valence-electron chi connectivity index (χ1n) is 13.7. The van der Waals surface area contributed by atoms with E-state index in [1.165, 1.54) is 19.3 Å². The quantitative estimate of drug-likeness (QED) is 0.527. The molecule has 3 aromatic rings. The van der Waals surface area contributed by atoms with Crippen molar-refractivity contribution in [3.8, 4) is 17.2 Å². The standard InChI is InChI=1S/C31H31N3O5/c35-29(32-11-14-33-12-4-1-5-13-33)22-8-6-7-21(15-22)18-34-25-10-3-2-9-23(25)31(30(34)36)19-37-26-17-28-27(16-24(26)31)38-20-39-28/h2-3,6-10,15-17H,1,4-5,11-14,18-20H2,(H,32,35). The molecule has 0 radical (unpaired) electrons. The molecule has 7 rings (SSSR count). The van der Waals surface area contributed by atoms with Gasteiger partial charge >= 0.3 is 0 Å². The molecule has 8 heteroatoms. The number of fused-ring (bicyclic) bond motifs is 5. The van der Waals surface area contributed by atoms with Gasteiger partial charge in [-0.3, -0.25) is 9.59 Å². The topological polar surface area (TPSA) is 80.3 Å². The van der Waals surface area contributed by atoms with E-state index in [0.717, 1.165) is 42.0 Å². The van der Waals surface area contributed by atoms with Gasteiger partial charge in [0.15, 0.2) is 11.5 Å². The smallest absolute Gasteiger partial charge is 0.251 e. The number of piperidine rings is 1. The second-order valence-electron chi connectivity index (χ2n) is 10.7. The van der Waals surface area contributed by atoms with Gasteiger partial charge in [0, 0.05) is 36.0 Å². The van der Waals surface area contributed by atoms with Gasteiger partial charge in [0.2, 0.25) is 12.7 Å². The number of rotatable bonds is 6. The van der Waals surface area contributed by atoms with E-state index in [1.807, 2.05) is 65.6 Å². The summed E-state index contributed by atoms with van der Waals surface area (Å²) in [6.07, 6.45) is 3.76. The monoisotopic (exact) mass is 525 g/mol. The van der Waals surface area contributed by atoms with Crippen molar-refractivity contribution >= 4 is 17.5 Å². The number of amides is 2. The first-order chi connectivity index (χ1) is 19.1. The fourth-order valence-corrected chi connectivity index (χ4v) is 6.33. The van der Waals surface area contributed by atoms with Gasteiger partial charge in [0.05, 0.1) is 6.54 Å². The van der Waals surface area contributed by atoms with Gasteiger partial charge in [0.1, 0.15) is 17.8 Å². The Balaban J connectivity index is 1.12. The van der Waals surface area contributed by atoms with E-state index in [1.54, 1.807) is 0 Å². The largest absolute Gasteiger partial charge is 0.491 e. The highest BCUT2D eigenvalue weighted by Gasteiger charge is 2.57. The highest BCUT2D eigenvalue weighted by molar-refractivity contribution is 6.11. The molecule has 4 heterocycles. The van der Waals surface area contributed by atoms with E-state index in [0.29, 0.717) is 35.9 Å². The van der Waals surface area contributed by atoms with E-state index in [2.05, 4.69) is 10.2 Å². The maximum absolute atomic E-state index is 14.3. The van der Waals surface area contributed by atoms with Crippen molar-refractivity contribution in [2.45, 2.75) is 31.2 Å². The number of hydrogen-bond acceptors (Lipinski definition) is 6. The van der Waals surface area contributed by atoms with Crippen LogP contribution in [0.5, 0.6) is 17.2 Å². The first kappa shape index (κ1) is 24.0. The van der Waals surface area contributed by atoms with Crippen LogP contribution in [0.15, 0.2) is 60.7 Å². The molecule has 1 atom stereocenters. The lowest BCUT2D eigenvalue weighted by Crippen LogP contribution is -2.42. The zero-order valence-electron chi connectivity index (χ0n) is 21.8. The highest BCUT2D eigenvalue weighted by Crippen LogP contribution is 2.55. The molecular weight excluding hydrogens is 494 g/mol. The Morgan fingerprint density at radius 2 is 1.69 bits per heavy atom. The molecule has 4 aliphatic rings. The van der Waals surface area contributed by atoms with Crippen molar-refractivity contribution in [3.63, 3.8) is 0 Å². The Kier molecular flexibility index (Phi) is 5.92. The molecule has 1 fully saturated rings. The summed E-state index contributed by atoms with van der Waals surface area (Å²) >= 11 is 0. The summed E-state index contributed by atoms with van der Waals surface area (Å²) in [4.78, 5) is 31.4. The summed E-state index contributed by atoms with van der Waals surface area (Å²) in [6.45, 7) is 4.44. The van der Waals surface area contributed by atoms with Gasteiger partial charge in [-0.2, -0.15) is 0 Å². The van der Waals surface area contributed by atoms with Crippen molar-refractivity contribution in [3.05, 3.63) is 82.9 Å². The van der Waals surface area contributed by atoms with Crippen LogP contribution in [0.4, 0.5) is 5.69 Å². The summed E-state index contributed by atoms with van der Waals surface area (Å²) in [5.41, 5.74) is 3.11. The number of ether oxygens (including phenoxy) is 3. The molecule has 0 aliphatic carbocycles. The summed E-state index contributed by atoms with van der Waals surface area (Å²) in [6, 6.07) is 19.1. The van der Waals surface area contributed by atoms with Crippen LogP contribution in [-0.4, -0.2) is 56.3 Å². The minimum Gasteiger partial charge on any atom is -0.491 e. The lowest BCUT2D eigenvalue weighted by Gasteiger charge is -2.26. The van der Waals surface area contributed by atoms with Crippen LogP contribution in [-0.2, 0) is 16.8 Å². The van der Waals surface area contributed by atoms with Crippen molar-refractivity contribution in [1.29, 1.82) is 0 Å². The van der Waals surface area contributed by atoms with E-state index in [-0.39, 0.29) is 25.2 Å². The van der Waals surface area contributed by atoms with Crippen LogP contribution in [0.25, 0.3) is 0 Å². The van der Waals surface area contributed by atoms with Crippen molar-refractivity contribution < 1.29 is 23.8 Å². The van der Waals surface area contributed by atoms with E-state index >= 15 is 0 Å². The first-order valence-corrected chi connectivity index (χ1v) is 13.7. The third-order valence-corrected chi connectivity index (χ3v) is 8.34. The summed E-state index contributed by atoms with van der Waals surface area (Å²) in [7, 11) is 0. The molecule has 200 valence electrons. The van der Waals surface area contributed by atoms with E-state index in [4.69, 9.17) is 14.2 Å². The van der Waals surface area contributed by atoms with Crippen molar-refractivity contribution in [2.24, 2.45) is 0 Å². The maximum Gasteiger partial charge on any atom is 0.251 e. The van der Waals surface area contributed by atoms with Gasteiger partial charge < -0.3 is 29.3 Å². The lowest BCUT2D eigenvalue weighted by molar-refractivity contribution is -0.122. The van der Waals surface area contributed by atoms with Gasteiger partial charge in [-0.15, -0.1) is 0 Å². The average molecular weight is 526 g/mol. The second kappa shape index (κ2) is 9.61. The number of anilines is 1. The molecule has 39 heavy (non-hydrogen) atoms. The maximum atomic E-state index is 14.3. The molecule has 1 N–H and O–H groups in total. The second-order valence-corrected chi connectivity index (χ2v) is 10.7. The van der Waals surface area contributed by atoms with E-state index in [9.17, 15) is 9.59 Å². The van der Waals surface area contributed by atoms with Crippen LogP contribution in [0, 0.1) is 0 Å². The van der Waals surface area contributed by atoms with Crippen LogP contribution in [0.2, 0.25) is 0 Å². The van der Waals surface area contributed by atoms with Crippen LogP contribution in [0.3, 0.4) is 0 Å². The number of hydrogen-bond donors (Lipinski definition) is 1. The number of para-hydroxylation sites is 1. The molecule has 1 unspecified atom stereocenters. The predicted molar refractivity (Wildman–Crippen MR) is 146 cm³/mol. The van der Waals surface area contributed by atoms with Crippen molar-refractivity contribution in [1.82, 2.24) is 10.2 Å². The summed E-state index contributed by atoms with van der Waals surface area (Å²) in [5.74, 6) is 1.77. The molecule has 0 aromatic heterocycles. The number of benzene rings is 3. The van der Waals surface area contributed by atoms with Gasteiger partial charge in [-0.25, -0.2) is 0 Å². The van der Waals surface area contributed by atoms with Crippen LogP contribution in [0.1, 0.15) is 46.3 Å². The zero-order chi connectivity index (χ0) is 26.4. The highest BCUT2D eigenvalue weighted by atomic mass is 16.7. The number of nitrogens with zero attached hydrogens (tertiary/aromatic N) is 2. The SMILES string of the molecule is O=C(NCCN1CCCCC1)c1cccc(CN2C(=O)C3(COc4cc5c(cc43)OCO5)c3ccccc32)c1. The van der Waals surface area contributed by atoms with Gasteiger partial charge in [-0.1, -0.05) is 36.8 Å². The molecular formula is C31H31N3O5. The Morgan fingerprint density at radius 3 is 2.56 bits per heavy atom. The average Bonchev–Trinajstić information content (AvgIpc) is 3.65. The summed E-state index contributed by atoms with van der Waals surface area (Å²) < 4.78 is 17.2. The number of likely N-dealkylation sites (tertiary alicyclic amines) is 1. The Hall–Kier alpha value is -4.04. The van der Waals surface area contributed by atoms with Crippen molar-refractivity contribution in [2.75, 3.05) is 44.5 Å². The minimum absolute atomic E-state index is 0.0438. The fraction of sp³-hybridized carbons (Fsp3) is 0.355. The Labute approximate surface area is 227 Å². The van der Waals surface area contributed by atoms with Gasteiger partial charge in [-0.05, 0) is 61.3 Å². The number of nitrogens with one attached hydrogen (secondary N) is 1. The molecule has 1 spiro atoms. The predicted octanol–water partition coefficient (Wildman–Crippen LogP) is 3.86. The number of carbonyl (C=O) groups excluding carboxylic acids is 2. The third-order valence-electron chi connectivity index (χ3n) is 8.34. The molecule has 8 nitrogen and oxygen atoms in total. The fourth-order valence-electron chi connectivity index (χ4n) is 6.33. The number of carbonyl (C=O) groups is 2. The molecule has 3 aromatic carbocycles. The summed E-state index contributed by atoms with van der Waals surface area (Å²) in [5, 5.41) is 3.06. The normalized spacial score (nSPS) is 21.1. The molecule has 1 saturated heterocycles.